The second-order valence-corrected chi connectivity index (χ2v) is 13.1. The fraction of sp³-hybridized carbons (Fsp3) is 0.375. The number of urea groups is 1. The second kappa shape index (κ2) is 13.7. The van der Waals surface area contributed by atoms with Crippen molar-refractivity contribution >= 4 is 27.6 Å². The summed E-state index contributed by atoms with van der Waals surface area (Å²) in [4.78, 5) is 28.6. The number of likely N-dealkylation sites (N-methyl/N-ethyl adjacent to an activating group) is 1. The largest absolute Gasteiger partial charge is 0.497 e. The fourth-order valence-electron chi connectivity index (χ4n) is 4.96. The third-order valence-corrected chi connectivity index (χ3v) is 9.68. The Morgan fingerprint density at radius 2 is 1.75 bits per heavy atom. The first-order valence-corrected chi connectivity index (χ1v) is 15.7. The van der Waals surface area contributed by atoms with Gasteiger partial charge in [-0.2, -0.15) is 4.31 Å². The van der Waals surface area contributed by atoms with Gasteiger partial charge in [0.1, 0.15) is 22.5 Å². The Labute approximate surface area is 259 Å². The number of rotatable bonds is 8. The standard InChI is InChI=1S/C32H40N4O7S/c1-21-18-36(22(2)20-37)44(40,41)30-15-10-24(23-8-7-9-25(16-23)31(38)34(3)4)17-28(30)43-29(21)19-35(5)32(39)33-26-11-13-27(42-6)14-12-26/h7-17,21-22,29,37H,18-20H2,1-6H3,(H,33,39)/t21-,22-,29-/m0/s1. The minimum absolute atomic E-state index is 0.0377. The molecule has 0 saturated carbocycles. The van der Waals surface area contributed by atoms with Crippen molar-refractivity contribution in [3.8, 4) is 22.6 Å². The molecule has 1 heterocycles. The second-order valence-electron chi connectivity index (χ2n) is 11.2. The van der Waals surface area contributed by atoms with Gasteiger partial charge in [0, 0.05) is 50.9 Å². The van der Waals surface area contributed by atoms with Crippen LogP contribution in [-0.2, 0) is 10.0 Å². The highest BCUT2D eigenvalue weighted by molar-refractivity contribution is 7.89. The van der Waals surface area contributed by atoms with Gasteiger partial charge >= 0.3 is 6.03 Å². The molecule has 2 N–H and O–H groups in total. The number of aliphatic hydroxyl groups excluding tert-OH is 1. The van der Waals surface area contributed by atoms with Crippen molar-refractivity contribution in [1.82, 2.24) is 14.1 Å². The molecule has 1 aliphatic rings. The molecular weight excluding hydrogens is 584 g/mol. The number of anilines is 1. The maximum atomic E-state index is 13.9. The molecule has 0 aromatic heterocycles. The van der Waals surface area contributed by atoms with Crippen LogP contribution in [0.2, 0.25) is 0 Å². The van der Waals surface area contributed by atoms with E-state index in [-0.39, 0.29) is 48.2 Å². The molecule has 0 fully saturated rings. The summed E-state index contributed by atoms with van der Waals surface area (Å²) < 4.78 is 40.7. The predicted octanol–water partition coefficient (Wildman–Crippen LogP) is 4.00. The maximum Gasteiger partial charge on any atom is 0.321 e. The Hall–Kier alpha value is -4.13. The number of hydrogen-bond donors (Lipinski definition) is 2. The molecule has 3 atom stereocenters. The van der Waals surface area contributed by atoms with Crippen LogP contribution in [0.5, 0.6) is 11.5 Å². The monoisotopic (exact) mass is 624 g/mol. The lowest BCUT2D eigenvalue weighted by Gasteiger charge is -2.37. The Morgan fingerprint density at radius 1 is 1.07 bits per heavy atom. The van der Waals surface area contributed by atoms with E-state index in [4.69, 9.17) is 9.47 Å². The smallest absolute Gasteiger partial charge is 0.321 e. The molecule has 0 unspecified atom stereocenters. The van der Waals surface area contributed by atoms with Gasteiger partial charge in [-0.25, -0.2) is 13.2 Å². The lowest BCUT2D eigenvalue weighted by molar-refractivity contribution is 0.0827. The van der Waals surface area contributed by atoms with Crippen molar-refractivity contribution in [2.24, 2.45) is 5.92 Å². The van der Waals surface area contributed by atoms with Gasteiger partial charge in [0.15, 0.2) is 0 Å². The molecule has 236 valence electrons. The summed E-state index contributed by atoms with van der Waals surface area (Å²) in [5, 5.41) is 12.8. The van der Waals surface area contributed by atoms with E-state index in [0.29, 0.717) is 28.1 Å². The zero-order chi connectivity index (χ0) is 32.2. The number of amides is 3. The van der Waals surface area contributed by atoms with E-state index in [9.17, 15) is 23.1 Å². The quantitative estimate of drug-likeness (QED) is 0.388. The van der Waals surface area contributed by atoms with E-state index < -0.39 is 22.2 Å². The summed E-state index contributed by atoms with van der Waals surface area (Å²) in [6.07, 6.45) is -0.596. The number of fused-ring (bicyclic) bond motifs is 1. The minimum atomic E-state index is -4.05. The highest BCUT2D eigenvalue weighted by Crippen LogP contribution is 2.37. The Bertz CT molecular complexity index is 1590. The van der Waals surface area contributed by atoms with Gasteiger partial charge in [-0.15, -0.1) is 0 Å². The number of carbonyl (C=O) groups excluding carboxylic acids is 2. The van der Waals surface area contributed by atoms with Gasteiger partial charge in [-0.05, 0) is 66.6 Å². The summed E-state index contributed by atoms with van der Waals surface area (Å²) in [5.41, 5.74) is 2.46. The molecule has 12 heteroatoms. The van der Waals surface area contributed by atoms with Crippen LogP contribution in [0.4, 0.5) is 10.5 Å². The van der Waals surface area contributed by atoms with Crippen LogP contribution < -0.4 is 14.8 Å². The van der Waals surface area contributed by atoms with Crippen molar-refractivity contribution in [2.45, 2.75) is 30.9 Å². The number of sulfonamides is 1. The van der Waals surface area contributed by atoms with Gasteiger partial charge in [-0.3, -0.25) is 4.79 Å². The van der Waals surface area contributed by atoms with Crippen LogP contribution in [0, 0.1) is 5.92 Å². The van der Waals surface area contributed by atoms with Gasteiger partial charge in [-0.1, -0.05) is 25.1 Å². The third-order valence-electron chi connectivity index (χ3n) is 7.66. The molecule has 0 radical (unpaired) electrons. The molecule has 11 nitrogen and oxygen atoms in total. The summed E-state index contributed by atoms with van der Waals surface area (Å²) in [6, 6.07) is 17.8. The number of benzene rings is 3. The van der Waals surface area contributed by atoms with Crippen molar-refractivity contribution in [2.75, 3.05) is 53.3 Å². The highest BCUT2D eigenvalue weighted by Gasteiger charge is 2.38. The molecule has 0 aliphatic carbocycles. The molecule has 44 heavy (non-hydrogen) atoms. The number of hydrogen-bond acceptors (Lipinski definition) is 7. The van der Waals surface area contributed by atoms with Gasteiger partial charge < -0.3 is 29.7 Å². The zero-order valence-electron chi connectivity index (χ0n) is 25.9. The number of aliphatic hydroxyl groups is 1. The van der Waals surface area contributed by atoms with Crippen LogP contribution in [0.15, 0.2) is 71.6 Å². The number of ether oxygens (including phenoxy) is 2. The van der Waals surface area contributed by atoms with Crippen LogP contribution in [-0.4, -0.2) is 99.7 Å². The molecular formula is C32H40N4O7S. The Kier molecular flexibility index (Phi) is 10.2. The van der Waals surface area contributed by atoms with Gasteiger partial charge in [0.25, 0.3) is 5.91 Å². The average molecular weight is 625 g/mol. The normalized spacial score (nSPS) is 18.5. The van der Waals surface area contributed by atoms with E-state index in [1.807, 2.05) is 13.0 Å². The Balaban J connectivity index is 1.69. The number of carbonyl (C=O) groups is 2. The average Bonchev–Trinajstić information content (AvgIpc) is 3.02. The number of nitrogens with one attached hydrogen (secondary N) is 1. The lowest BCUT2D eigenvalue weighted by Crippen LogP contribution is -2.50. The van der Waals surface area contributed by atoms with E-state index in [1.54, 1.807) is 89.8 Å². The molecule has 1 aliphatic heterocycles. The number of methoxy groups -OCH3 is 1. The van der Waals surface area contributed by atoms with Crippen LogP contribution in [0.3, 0.4) is 0 Å². The van der Waals surface area contributed by atoms with Crippen LogP contribution >= 0.6 is 0 Å². The lowest BCUT2D eigenvalue weighted by atomic mass is 10.0. The third kappa shape index (κ3) is 7.15. The van der Waals surface area contributed by atoms with E-state index >= 15 is 0 Å². The first kappa shape index (κ1) is 32.8. The summed E-state index contributed by atoms with van der Waals surface area (Å²) >= 11 is 0. The van der Waals surface area contributed by atoms with Crippen LogP contribution in [0.25, 0.3) is 11.1 Å². The SMILES string of the molecule is COc1ccc(NC(=O)N(C)C[C@@H]2Oc3cc(-c4cccc(C(=O)N(C)C)c4)ccc3S(=O)(=O)N([C@@H](C)CO)C[C@@H]2C)cc1. The fourth-order valence-corrected chi connectivity index (χ4v) is 6.78. The molecule has 0 spiro atoms. The van der Waals surface area contributed by atoms with Crippen LogP contribution in [0.1, 0.15) is 24.2 Å². The molecule has 3 aromatic rings. The summed E-state index contributed by atoms with van der Waals surface area (Å²) in [6.45, 7) is 3.39. The molecule has 3 aromatic carbocycles. The van der Waals surface area contributed by atoms with Crippen molar-refractivity contribution in [3.63, 3.8) is 0 Å². The van der Waals surface area contributed by atoms with Crippen molar-refractivity contribution in [3.05, 3.63) is 72.3 Å². The first-order valence-electron chi connectivity index (χ1n) is 14.3. The molecule has 0 saturated heterocycles. The maximum absolute atomic E-state index is 13.9. The minimum Gasteiger partial charge on any atom is -0.497 e. The zero-order valence-corrected chi connectivity index (χ0v) is 26.7. The highest BCUT2D eigenvalue weighted by atomic mass is 32.2. The topological polar surface area (TPSA) is 129 Å². The van der Waals surface area contributed by atoms with Crippen molar-refractivity contribution in [1.29, 1.82) is 0 Å². The number of nitrogens with zero attached hydrogens (tertiary/aromatic N) is 3. The van der Waals surface area contributed by atoms with Gasteiger partial charge in [0.2, 0.25) is 10.0 Å². The first-order chi connectivity index (χ1) is 20.8. The van der Waals surface area contributed by atoms with Crippen molar-refractivity contribution < 1.29 is 32.6 Å². The van der Waals surface area contributed by atoms with Gasteiger partial charge in [0.05, 0.1) is 20.3 Å². The predicted molar refractivity (Wildman–Crippen MR) is 169 cm³/mol. The van der Waals surface area contributed by atoms with E-state index in [0.717, 1.165) is 0 Å². The molecule has 3 amide bonds. The van der Waals surface area contributed by atoms with E-state index in [2.05, 4.69) is 5.32 Å². The summed E-state index contributed by atoms with van der Waals surface area (Å²) in [7, 11) is 2.51. The summed E-state index contributed by atoms with van der Waals surface area (Å²) in [5.74, 6) is 0.282. The Morgan fingerprint density at radius 3 is 2.39 bits per heavy atom. The van der Waals surface area contributed by atoms with E-state index in [1.165, 1.54) is 20.2 Å². The molecule has 4 rings (SSSR count). The molecule has 0 bridgehead atoms.